The smallest absolute Gasteiger partial charge is 0.158 e. The highest BCUT2D eigenvalue weighted by Crippen LogP contribution is 2.42. The van der Waals surface area contributed by atoms with Crippen molar-refractivity contribution in [1.82, 2.24) is 29.9 Å². The predicted octanol–water partition coefficient (Wildman–Crippen LogP) is 13.8. The molecule has 0 aliphatic rings. The number of allylic oxidation sites excluding steroid dienone is 2. The Morgan fingerprint density at radius 2 is 1.00 bits per heavy atom. The van der Waals surface area contributed by atoms with Gasteiger partial charge in [0.25, 0.3) is 0 Å². The van der Waals surface area contributed by atoms with Crippen LogP contribution in [-0.2, 0) is 6.42 Å². The molecule has 0 bridgehead atoms. The van der Waals surface area contributed by atoms with E-state index in [2.05, 4.69) is 48.1 Å². The molecule has 314 valence electrons. The first kappa shape index (κ1) is 43.1. The Morgan fingerprint density at radius 1 is 0.468 bits per heavy atom. The average Bonchev–Trinajstić information content (AvgIpc) is 3.32. The standard InChI is InChI=1S/C53H54N6O3/c1-3-5-7-9-11-17-34-60-42-37-40(38-43(39-42)61-35-18-12-10-8-6-4-2)36-41-27-33-59-52(50-45(23-20-31-57-50)47-25-14-16-29-55-47)53(41)62-48-26-21-32-58-51(48)49-44(22-19-30-56-49)46-24-13-15-28-54-46/h13-35,37-39H,3-12,36H2,1-2H3. The van der Waals surface area contributed by atoms with Gasteiger partial charge in [-0.1, -0.05) is 64.5 Å². The van der Waals surface area contributed by atoms with Gasteiger partial charge in [-0.3, -0.25) is 29.9 Å². The maximum Gasteiger partial charge on any atom is 0.158 e. The molecule has 0 spiro atoms. The highest BCUT2D eigenvalue weighted by atomic mass is 16.5. The summed E-state index contributed by atoms with van der Waals surface area (Å²) in [4.78, 5) is 28.8. The molecule has 9 nitrogen and oxygen atoms in total. The number of hydrogen-bond donors (Lipinski definition) is 0. The topological polar surface area (TPSA) is 105 Å². The minimum atomic E-state index is 0.462. The van der Waals surface area contributed by atoms with Crippen molar-refractivity contribution in [1.29, 1.82) is 0 Å². The lowest BCUT2D eigenvalue weighted by atomic mass is 10.00. The van der Waals surface area contributed by atoms with Crippen LogP contribution in [-0.4, -0.2) is 29.9 Å². The SMILES string of the molecule is CCCCCCC=COc1cc(Cc2ccnc(-c3ncccc3-c3ccccn3)c2Oc2cccnc2-c2ncccc2-c2ccccn2)cc(OC=CCCCCCC)c1. The number of benzene rings is 1. The number of rotatable bonds is 22. The second-order valence-corrected chi connectivity index (χ2v) is 15.0. The van der Waals surface area contributed by atoms with Gasteiger partial charge in [-0.05, 0) is 122 Å². The van der Waals surface area contributed by atoms with E-state index in [1.165, 1.54) is 38.5 Å². The summed E-state index contributed by atoms with van der Waals surface area (Å²) >= 11 is 0. The van der Waals surface area contributed by atoms with E-state index in [0.717, 1.165) is 59.3 Å². The lowest BCUT2D eigenvalue weighted by Gasteiger charge is -2.18. The molecule has 0 atom stereocenters. The van der Waals surface area contributed by atoms with Crippen LogP contribution in [0.5, 0.6) is 23.0 Å². The molecule has 6 heterocycles. The van der Waals surface area contributed by atoms with Crippen LogP contribution in [0.3, 0.4) is 0 Å². The molecule has 7 aromatic rings. The van der Waals surface area contributed by atoms with Gasteiger partial charge in [-0.2, -0.15) is 0 Å². The van der Waals surface area contributed by atoms with Gasteiger partial charge in [0.2, 0.25) is 0 Å². The first-order chi connectivity index (χ1) is 30.7. The van der Waals surface area contributed by atoms with Crippen molar-refractivity contribution >= 4 is 0 Å². The summed E-state index contributed by atoms with van der Waals surface area (Å²) in [6.45, 7) is 4.45. The van der Waals surface area contributed by atoms with Crippen LogP contribution >= 0.6 is 0 Å². The maximum absolute atomic E-state index is 7.10. The zero-order valence-corrected chi connectivity index (χ0v) is 35.7. The van der Waals surface area contributed by atoms with Gasteiger partial charge in [0.05, 0.1) is 23.9 Å². The van der Waals surface area contributed by atoms with E-state index < -0.39 is 0 Å². The predicted molar refractivity (Wildman–Crippen MR) is 248 cm³/mol. The van der Waals surface area contributed by atoms with Crippen molar-refractivity contribution < 1.29 is 14.2 Å². The van der Waals surface area contributed by atoms with Crippen LogP contribution in [0, 0.1) is 0 Å². The number of hydrogen-bond acceptors (Lipinski definition) is 9. The van der Waals surface area contributed by atoms with E-state index in [4.69, 9.17) is 34.1 Å². The molecule has 1 aromatic carbocycles. The van der Waals surface area contributed by atoms with E-state index in [1.807, 2.05) is 84.9 Å². The van der Waals surface area contributed by atoms with Gasteiger partial charge in [0.15, 0.2) is 11.5 Å². The van der Waals surface area contributed by atoms with E-state index >= 15 is 0 Å². The second kappa shape index (κ2) is 23.1. The van der Waals surface area contributed by atoms with Gasteiger partial charge in [-0.25, -0.2) is 0 Å². The molecule has 0 unspecified atom stereocenters. The number of ether oxygens (including phenoxy) is 3. The van der Waals surface area contributed by atoms with E-state index in [1.54, 1.807) is 49.7 Å². The molecule has 0 amide bonds. The van der Waals surface area contributed by atoms with Crippen LogP contribution in [0.1, 0.15) is 89.2 Å². The molecular weight excluding hydrogens is 769 g/mol. The number of unbranched alkanes of at least 4 members (excludes halogenated alkanes) is 8. The Hall–Kier alpha value is -7.00. The minimum Gasteiger partial charge on any atom is -0.465 e. The molecule has 0 fully saturated rings. The monoisotopic (exact) mass is 822 g/mol. The zero-order valence-electron chi connectivity index (χ0n) is 35.7. The van der Waals surface area contributed by atoms with Gasteiger partial charge in [-0.15, -0.1) is 0 Å². The van der Waals surface area contributed by atoms with Crippen molar-refractivity contribution in [2.75, 3.05) is 0 Å². The molecule has 0 saturated carbocycles. The zero-order chi connectivity index (χ0) is 42.6. The summed E-state index contributed by atoms with van der Waals surface area (Å²) in [5.74, 6) is 2.40. The molecule has 7 rings (SSSR count). The van der Waals surface area contributed by atoms with Crippen LogP contribution in [0.2, 0.25) is 0 Å². The molecule has 0 radical (unpaired) electrons. The summed E-state index contributed by atoms with van der Waals surface area (Å²) in [6.07, 6.45) is 30.4. The Balaban J connectivity index is 1.29. The third-order valence-corrected chi connectivity index (χ3v) is 10.3. The fraction of sp³-hybridized carbons (Fsp3) is 0.245. The van der Waals surface area contributed by atoms with E-state index in [0.29, 0.717) is 52.2 Å². The summed E-state index contributed by atoms with van der Waals surface area (Å²) in [5, 5.41) is 0. The van der Waals surface area contributed by atoms with Crippen LogP contribution < -0.4 is 14.2 Å². The number of pyridine rings is 6. The van der Waals surface area contributed by atoms with Crippen LogP contribution in [0.4, 0.5) is 0 Å². The first-order valence-electron chi connectivity index (χ1n) is 21.8. The minimum absolute atomic E-state index is 0.462. The summed E-state index contributed by atoms with van der Waals surface area (Å²) < 4.78 is 19.6. The van der Waals surface area contributed by atoms with E-state index in [-0.39, 0.29) is 0 Å². The fourth-order valence-corrected chi connectivity index (χ4v) is 7.17. The molecule has 0 aliphatic heterocycles. The molecule has 9 heteroatoms. The first-order valence-corrected chi connectivity index (χ1v) is 21.8. The quantitative estimate of drug-likeness (QED) is 0.0488. The third kappa shape index (κ3) is 11.8. The lowest BCUT2D eigenvalue weighted by Crippen LogP contribution is -2.03. The Kier molecular flexibility index (Phi) is 16.1. The fourth-order valence-electron chi connectivity index (χ4n) is 7.17. The summed E-state index contributed by atoms with van der Waals surface area (Å²) in [6, 6.07) is 31.2. The third-order valence-electron chi connectivity index (χ3n) is 10.3. The molecule has 0 N–H and O–H groups in total. The molecule has 0 aliphatic carbocycles. The average molecular weight is 823 g/mol. The summed E-state index contributed by atoms with van der Waals surface area (Å²) in [7, 11) is 0. The number of aromatic nitrogens is 6. The summed E-state index contributed by atoms with van der Waals surface area (Å²) in [5.41, 5.74) is 7.44. The Bertz CT molecular complexity index is 2480. The van der Waals surface area contributed by atoms with Crippen molar-refractivity contribution in [3.8, 4) is 68.3 Å². The lowest BCUT2D eigenvalue weighted by molar-refractivity contribution is 0.454. The molecule has 0 saturated heterocycles. The Morgan fingerprint density at radius 3 is 1.56 bits per heavy atom. The highest BCUT2D eigenvalue weighted by Gasteiger charge is 2.23. The maximum atomic E-state index is 7.10. The van der Waals surface area contributed by atoms with Gasteiger partial charge in [0, 0.05) is 66.4 Å². The largest absolute Gasteiger partial charge is 0.465 e. The molecule has 62 heavy (non-hydrogen) atoms. The van der Waals surface area contributed by atoms with Crippen LogP contribution in [0.25, 0.3) is 45.3 Å². The molecular formula is C53H54N6O3. The van der Waals surface area contributed by atoms with Crippen molar-refractivity contribution in [3.05, 3.63) is 170 Å². The van der Waals surface area contributed by atoms with Crippen molar-refractivity contribution in [2.45, 2.75) is 84.5 Å². The second-order valence-electron chi connectivity index (χ2n) is 15.0. The van der Waals surface area contributed by atoms with E-state index in [9.17, 15) is 0 Å². The highest BCUT2D eigenvalue weighted by molar-refractivity contribution is 5.82. The van der Waals surface area contributed by atoms with Crippen molar-refractivity contribution in [2.24, 2.45) is 0 Å². The number of nitrogens with zero attached hydrogens (tertiary/aromatic N) is 6. The van der Waals surface area contributed by atoms with Gasteiger partial charge < -0.3 is 14.2 Å². The van der Waals surface area contributed by atoms with Gasteiger partial charge in [0.1, 0.15) is 34.3 Å². The van der Waals surface area contributed by atoms with Gasteiger partial charge >= 0.3 is 0 Å². The normalized spacial score (nSPS) is 11.3. The Labute approximate surface area is 365 Å². The van der Waals surface area contributed by atoms with Crippen molar-refractivity contribution in [3.63, 3.8) is 0 Å². The van der Waals surface area contributed by atoms with Crippen LogP contribution in [0.15, 0.2) is 159 Å². The molecule has 6 aromatic heterocycles.